The van der Waals surface area contributed by atoms with E-state index >= 15 is 0 Å². The smallest absolute Gasteiger partial charge is 0.393 e. The van der Waals surface area contributed by atoms with Crippen LogP contribution in [0.25, 0.3) is 0 Å². The van der Waals surface area contributed by atoms with E-state index in [2.05, 4.69) is 0 Å². The molecule has 0 unspecified atom stereocenters. The molecule has 0 bridgehead atoms. The van der Waals surface area contributed by atoms with Crippen LogP contribution in [0.3, 0.4) is 0 Å². The van der Waals surface area contributed by atoms with Crippen LogP contribution in [0.1, 0.15) is 24.5 Å². The standard InChI is InChI=1S/C11H12F4O/c1-7(16)2-3-8-6-9(11(13,14)15)4-5-10(8)12/h4-7,16H,2-3H2,1H3/t7-/m1/s1. The second-order valence-electron chi connectivity index (χ2n) is 3.69. The number of aryl methyl sites for hydroxylation is 1. The van der Waals surface area contributed by atoms with Gasteiger partial charge in [-0.05, 0) is 43.5 Å². The minimum absolute atomic E-state index is 0.0178. The number of alkyl halides is 3. The lowest BCUT2D eigenvalue weighted by molar-refractivity contribution is -0.137. The van der Waals surface area contributed by atoms with Gasteiger partial charge in [-0.15, -0.1) is 0 Å². The highest BCUT2D eigenvalue weighted by molar-refractivity contribution is 5.27. The van der Waals surface area contributed by atoms with E-state index in [4.69, 9.17) is 5.11 Å². The molecular formula is C11H12F4O. The van der Waals surface area contributed by atoms with Crippen LogP contribution in [0.4, 0.5) is 17.6 Å². The zero-order valence-electron chi connectivity index (χ0n) is 8.68. The summed E-state index contributed by atoms with van der Waals surface area (Å²) in [6.07, 6.45) is -4.80. The van der Waals surface area contributed by atoms with E-state index in [1.54, 1.807) is 0 Å². The fraction of sp³-hybridized carbons (Fsp3) is 0.455. The van der Waals surface area contributed by atoms with Gasteiger partial charge in [-0.1, -0.05) is 0 Å². The third-order valence-corrected chi connectivity index (χ3v) is 2.20. The first-order valence-electron chi connectivity index (χ1n) is 4.84. The van der Waals surface area contributed by atoms with Crippen molar-refractivity contribution < 1.29 is 22.7 Å². The van der Waals surface area contributed by atoms with E-state index < -0.39 is 23.7 Å². The first-order chi connectivity index (χ1) is 7.30. The molecule has 16 heavy (non-hydrogen) atoms. The van der Waals surface area contributed by atoms with Crippen molar-refractivity contribution in [3.63, 3.8) is 0 Å². The average Bonchev–Trinajstić information content (AvgIpc) is 2.14. The van der Waals surface area contributed by atoms with Gasteiger partial charge in [-0.3, -0.25) is 0 Å². The number of halogens is 4. The van der Waals surface area contributed by atoms with Crippen LogP contribution in [0, 0.1) is 5.82 Å². The van der Waals surface area contributed by atoms with E-state index in [9.17, 15) is 17.6 Å². The summed E-state index contributed by atoms with van der Waals surface area (Å²) in [5.41, 5.74) is -0.884. The molecular weight excluding hydrogens is 224 g/mol. The molecule has 1 N–H and O–H groups in total. The zero-order chi connectivity index (χ0) is 12.3. The maximum atomic E-state index is 13.2. The molecule has 0 fully saturated rings. The summed E-state index contributed by atoms with van der Waals surface area (Å²) >= 11 is 0. The zero-order valence-corrected chi connectivity index (χ0v) is 8.68. The number of aliphatic hydroxyl groups is 1. The topological polar surface area (TPSA) is 20.2 Å². The third-order valence-electron chi connectivity index (χ3n) is 2.20. The molecule has 1 nitrogen and oxygen atoms in total. The van der Waals surface area contributed by atoms with Gasteiger partial charge in [0.15, 0.2) is 0 Å². The molecule has 1 atom stereocenters. The van der Waals surface area contributed by atoms with Crippen LogP contribution in [0.5, 0.6) is 0 Å². The van der Waals surface area contributed by atoms with Gasteiger partial charge in [0.25, 0.3) is 0 Å². The highest BCUT2D eigenvalue weighted by Crippen LogP contribution is 2.30. The monoisotopic (exact) mass is 236 g/mol. The number of hydrogen-bond acceptors (Lipinski definition) is 1. The first kappa shape index (κ1) is 13.0. The molecule has 0 saturated carbocycles. The Morgan fingerprint density at radius 1 is 1.31 bits per heavy atom. The van der Waals surface area contributed by atoms with Gasteiger partial charge >= 0.3 is 6.18 Å². The van der Waals surface area contributed by atoms with Crippen LogP contribution < -0.4 is 0 Å². The van der Waals surface area contributed by atoms with E-state index in [0.717, 1.165) is 12.1 Å². The van der Waals surface area contributed by atoms with Gasteiger partial charge < -0.3 is 5.11 Å². The normalized spacial score (nSPS) is 13.9. The Kier molecular flexibility index (Phi) is 3.91. The van der Waals surface area contributed by atoms with Crippen molar-refractivity contribution in [1.82, 2.24) is 0 Å². The van der Waals surface area contributed by atoms with Crippen LogP contribution in [0.15, 0.2) is 18.2 Å². The molecule has 0 spiro atoms. The molecule has 0 saturated heterocycles. The summed E-state index contributed by atoms with van der Waals surface area (Å²) in [4.78, 5) is 0. The Balaban J connectivity index is 2.91. The van der Waals surface area contributed by atoms with Crippen LogP contribution in [0.2, 0.25) is 0 Å². The van der Waals surface area contributed by atoms with Gasteiger partial charge in [0, 0.05) is 0 Å². The fourth-order valence-electron chi connectivity index (χ4n) is 1.31. The molecule has 1 aromatic carbocycles. The third kappa shape index (κ3) is 3.48. The van der Waals surface area contributed by atoms with Crippen LogP contribution in [-0.2, 0) is 12.6 Å². The first-order valence-corrected chi connectivity index (χ1v) is 4.84. The SMILES string of the molecule is C[C@@H](O)CCc1cc(C(F)(F)F)ccc1F. The molecule has 0 aromatic heterocycles. The Hall–Kier alpha value is -1.10. The molecule has 1 aromatic rings. The molecule has 0 aliphatic heterocycles. The molecule has 0 aliphatic carbocycles. The molecule has 0 aliphatic rings. The Labute approximate surface area is 90.7 Å². The van der Waals surface area contributed by atoms with Gasteiger partial charge in [-0.25, -0.2) is 4.39 Å². The minimum atomic E-state index is -4.46. The van der Waals surface area contributed by atoms with Crippen molar-refractivity contribution in [1.29, 1.82) is 0 Å². The lowest BCUT2D eigenvalue weighted by Crippen LogP contribution is -2.08. The number of aliphatic hydroxyl groups excluding tert-OH is 1. The van der Waals surface area contributed by atoms with E-state index in [1.807, 2.05) is 0 Å². The minimum Gasteiger partial charge on any atom is -0.393 e. The summed E-state index contributed by atoms with van der Waals surface area (Å²) in [6.45, 7) is 1.51. The molecule has 90 valence electrons. The van der Waals surface area contributed by atoms with Gasteiger partial charge in [-0.2, -0.15) is 13.2 Å². The molecule has 0 amide bonds. The summed E-state index contributed by atoms with van der Waals surface area (Å²) in [6, 6.07) is 2.30. The maximum absolute atomic E-state index is 13.2. The fourth-order valence-corrected chi connectivity index (χ4v) is 1.31. The van der Waals surface area contributed by atoms with Gasteiger partial charge in [0.05, 0.1) is 11.7 Å². The van der Waals surface area contributed by atoms with E-state index in [0.29, 0.717) is 6.07 Å². The maximum Gasteiger partial charge on any atom is 0.416 e. The predicted molar refractivity (Wildman–Crippen MR) is 51.4 cm³/mol. The van der Waals surface area contributed by atoms with Crippen molar-refractivity contribution in [3.05, 3.63) is 35.1 Å². The van der Waals surface area contributed by atoms with E-state index in [-0.39, 0.29) is 18.4 Å². The van der Waals surface area contributed by atoms with Crippen molar-refractivity contribution in [2.45, 2.75) is 32.0 Å². The lowest BCUT2D eigenvalue weighted by atomic mass is 10.0. The summed E-state index contributed by atoms with van der Waals surface area (Å²) < 4.78 is 50.1. The van der Waals surface area contributed by atoms with Crippen molar-refractivity contribution >= 4 is 0 Å². The second kappa shape index (κ2) is 4.82. The molecule has 0 heterocycles. The summed E-state index contributed by atoms with van der Waals surface area (Å²) in [5, 5.41) is 8.99. The largest absolute Gasteiger partial charge is 0.416 e. The summed E-state index contributed by atoms with van der Waals surface area (Å²) in [7, 11) is 0. The highest BCUT2D eigenvalue weighted by atomic mass is 19.4. The molecule has 0 radical (unpaired) electrons. The van der Waals surface area contributed by atoms with Gasteiger partial charge in [0.1, 0.15) is 5.82 Å². The van der Waals surface area contributed by atoms with Crippen LogP contribution >= 0.6 is 0 Å². The Morgan fingerprint density at radius 2 is 1.94 bits per heavy atom. The second-order valence-corrected chi connectivity index (χ2v) is 3.69. The highest BCUT2D eigenvalue weighted by Gasteiger charge is 2.30. The van der Waals surface area contributed by atoms with Gasteiger partial charge in [0.2, 0.25) is 0 Å². The number of rotatable bonds is 3. The van der Waals surface area contributed by atoms with E-state index in [1.165, 1.54) is 6.92 Å². The van der Waals surface area contributed by atoms with Crippen molar-refractivity contribution in [2.24, 2.45) is 0 Å². The predicted octanol–water partition coefficient (Wildman–Crippen LogP) is 3.16. The molecule has 5 heteroatoms. The number of benzene rings is 1. The summed E-state index contributed by atoms with van der Waals surface area (Å²) in [5.74, 6) is -0.673. The quantitative estimate of drug-likeness (QED) is 0.799. The van der Waals surface area contributed by atoms with Crippen LogP contribution in [-0.4, -0.2) is 11.2 Å². The lowest BCUT2D eigenvalue weighted by Gasteiger charge is -2.10. The Bertz CT molecular complexity index is 357. The molecule has 1 rings (SSSR count). The average molecular weight is 236 g/mol. The Morgan fingerprint density at radius 3 is 2.44 bits per heavy atom. The number of hydrogen-bond donors (Lipinski definition) is 1. The van der Waals surface area contributed by atoms with Crippen molar-refractivity contribution in [2.75, 3.05) is 0 Å². The van der Waals surface area contributed by atoms with Crippen molar-refractivity contribution in [3.8, 4) is 0 Å².